The quantitative estimate of drug-likeness (QED) is 0.354. The molecule has 12 nitrogen and oxygen atoms in total. The number of carbonyl (C=O) groups is 3. The van der Waals surface area contributed by atoms with Crippen molar-refractivity contribution in [1.82, 2.24) is 15.0 Å². The summed E-state index contributed by atoms with van der Waals surface area (Å²) in [6, 6.07) is 8.26. The molecule has 31 heavy (non-hydrogen) atoms. The fourth-order valence-electron chi connectivity index (χ4n) is 1.58. The number of nitrogens with zero attached hydrogens (tertiary/aromatic N) is 3. The van der Waals surface area contributed by atoms with Gasteiger partial charge in [0.05, 0.1) is 17.9 Å². The Morgan fingerprint density at radius 2 is 0.774 bits per heavy atom. The topological polar surface area (TPSA) is 237 Å². The van der Waals surface area contributed by atoms with Crippen molar-refractivity contribution in [3.63, 3.8) is 0 Å². The third kappa shape index (κ3) is 10.2. The van der Waals surface area contributed by atoms with Crippen LogP contribution in [0, 0.1) is 0 Å². The maximum Gasteiger partial charge on any atom is 3.00 e. The zero-order chi connectivity index (χ0) is 22.7. The number of nitrogens with two attached hydrogens (primary N) is 3. The van der Waals surface area contributed by atoms with Gasteiger partial charge in [-0.1, -0.05) is 0 Å². The van der Waals surface area contributed by atoms with Crippen LogP contribution in [0.2, 0.25) is 0 Å². The first-order valence-electron chi connectivity index (χ1n) is 7.88. The van der Waals surface area contributed by atoms with Gasteiger partial charge >= 0.3 is 17.4 Å². The zero-order valence-corrected chi connectivity index (χ0v) is 16.9. The molecule has 1 radical (unpaired) electrons. The predicted octanol–water partition coefficient (Wildman–Crippen LogP) is -2.92. The first-order valence-corrected chi connectivity index (χ1v) is 7.88. The van der Waals surface area contributed by atoms with Crippen molar-refractivity contribution in [1.29, 1.82) is 0 Å². The number of aromatic carboxylic acids is 3. The van der Waals surface area contributed by atoms with Crippen LogP contribution in [-0.4, -0.2) is 32.9 Å². The fraction of sp³-hybridized carbons (Fsp3) is 0. The van der Waals surface area contributed by atoms with E-state index in [2.05, 4.69) is 15.0 Å². The summed E-state index contributed by atoms with van der Waals surface area (Å²) in [5, 5.41) is 30.4. The van der Waals surface area contributed by atoms with Gasteiger partial charge in [0.25, 0.3) is 0 Å². The molecule has 6 N–H and O–H groups in total. The van der Waals surface area contributed by atoms with E-state index in [1.165, 1.54) is 36.4 Å². The van der Waals surface area contributed by atoms with Crippen LogP contribution in [0.25, 0.3) is 0 Å². The van der Waals surface area contributed by atoms with Crippen LogP contribution in [0.5, 0.6) is 0 Å². The van der Waals surface area contributed by atoms with E-state index in [0.29, 0.717) is 17.5 Å². The van der Waals surface area contributed by atoms with E-state index in [-0.39, 0.29) is 34.1 Å². The van der Waals surface area contributed by atoms with Gasteiger partial charge in [-0.05, 0) is 36.4 Å². The molecular weight excluding hydrogens is 448 g/mol. The maximum atomic E-state index is 10.1. The average Bonchev–Trinajstić information content (AvgIpc) is 2.70. The van der Waals surface area contributed by atoms with Crippen molar-refractivity contribution in [2.75, 3.05) is 17.2 Å². The summed E-state index contributed by atoms with van der Waals surface area (Å²) in [4.78, 5) is 41.0. The number of pyridine rings is 3. The number of carboxylic acid groups (broad SMARTS) is 3. The predicted molar refractivity (Wildman–Crippen MR) is 98.9 cm³/mol. The molecular formula is C18H15CrN6O6. The first-order chi connectivity index (χ1) is 14.1. The summed E-state index contributed by atoms with van der Waals surface area (Å²) in [5.74, 6) is -2.84. The average molecular weight is 463 g/mol. The van der Waals surface area contributed by atoms with E-state index >= 15 is 0 Å². The number of aromatic nitrogens is 3. The summed E-state index contributed by atoms with van der Waals surface area (Å²) < 4.78 is 0. The van der Waals surface area contributed by atoms with E-state index in [1.54, 1.807) is 0 Å². The standard InChI is InChI=1S/3C6H6N2O2.Cr/c3*7-5-2-1-4(3-8-5)6(9)10;/h3*1-3H,(H2,7,8)(H,9,10);/q;;;+3/p-3. The normalized spacial score (nSPS) is 8.90. The third-order valence-electron chi connectivity index (χ3n) is 3.07. The number of carbonyl (C=O) groups excluding carboxylic acids is 3. The molecule has 0 aliphatic rings. The van der Waals surface area contributed by atoms with Crippen LogP contribution in [0.4, 0.5) is 17.5 Å². The van der Waals surface area contributed by atoms with Crippen LogP contribution in [-0.2, 0) is 17.4 Å². The number of carboxylic acids is 3. The largest absolute Gasteiger partial charge is 3.00 e. The minimum absolute atomic E-state index is 0. The number of anilines is 3. The van der Waals surface area contributed by atoms with E-state index in [4.69, 9.17) is 17.2 Å². The molecule has 13 heteroatoms. The molecule has 0 bridgehead atoms. The molecule has 0 atom stereocenters. The van der Waals surface area contributed by atoms with E-state index in [0.717, 1.165) is 18.6 Å². The van der Waals surface area contributed by atoms with Gasteiger partial charge in [0.2, 0.25) is 0 Å². The summed E-state index contributed by atoms with van der Waals surface area (Å²) >= 11 is 0. The molecule has 0 aliphatic heterocycles. The maximum absolute atomic E-state index is 10.1. The smallest absolute Gasteiger partial charge is 0.545 e. The third-order valence-corrected chi connectivity index (χ3v) is 3.07. The molecule has 3 aromatic heterocycles. The van der Waals surface area contributed by atoms with Gasteiger partial charge in [0, 0.05) is 35.3 Å². The summed E-state index contributed by atoms with van der Waals surface area (Å²) in [7, 11) is 0. The SMILES string of the molecule is Nc1ccc(C(=O)[O-])cn1.Nc1ccc(C(=O)[O-])cn1.Nc1ccc(C(=O)[O-])cn1.[Cr+3]. The Morgan fingerprint density at radius 3 is 0.903 bits per heavy atom. The molecule has 0 fully saturated rings. The van der Waals surface area contributed by atoms with Crippen LogP contribution in [0.15, 0.2) is 55.0 Å². The molecule has 3 aromatic rings. The van der Waals surface area contributed by atoms with Gasteiger partial charge in [0.1, 0.15) is 17.5 Å². The molecule has 0 saturated carbocycles. The van der Waals surface area contributed by atoms with Crippen LogP contribution < -0.4 is 32.5 Å². The van der Waals surface area contributed by atoms with Crippen molar-refractivity contribution < 1.29 is 47.1 Å². The molecule has 3 heterocycles. The minimum atomic E-state index is -1.24. The van der Waals surface area contributed by atoms with Crippen LogP contribution in [0.3, 0.4) is 0 Å². The van der Waals surface area contributed by atoms with Crippen LogP contribution >= 0.6 is 0 Å². The van der Waals surface area contributed by atoms with Gasteiger partial charge in [-0.25, -0.2) is 15.0 Å². The van der Waals surface area contributed by atoms with Gasteiger partial charge in [0.15, 0.2) is 0 Å². The molecule has 0 unspecified atom stereocenters. The number of rotatable bonds is 3. The van der Waals surface area contributed by atoms with E-state index < -0.39 is 17.9 Å². The second kappa shape index (κ2) is 13.1. The summed E-state index contributed by atoms with van der Waals surface area (Å²) in [5.41, 5.74) is 15.7. The van der Waals surface area contributed by atoms with Crippen molar-refractivity contribution in [3.05, 3.63) is 71.7 Å². The molecule has 0 amide bonds. The van der Waals surface area contributed by atoms with Gasteiger partial charge in [-0.2, -0.15) is 0 Å². The number of hydrogen-bond acceptors (Lipinski definition) is 12. The van der Waals surface area contributed by atoms with E-state index in [1.807, 2.05) is 0 Å². The van der Waals surface area contributed by atoms with Gasteiger partial charge < -0.3 is 46.9 Å². The van der Waals surface area contributed by atoms with Gasteiger partial charge in [-0.15, -0.1) is 0 Å². The molecule has 159 valence electrons. The van der Waals surface area contributed by atoms with Crippen LogP contribution in [0.1, 0.15) is 31.1 Å². The molecule has 0 spiro atoms. The Balaban J connectivity index is 0.000000429. The Kier molecular flexibility index (Phi) is 11.3. The summed E-state index contributed by atoms with van der Waals surface area (Å²) in [6.07, 6.45) is 3.47. The monoisotopic (exact) mass is 463 g/mol. The Bertz CT molecular complexity index is 866. The fourth-order valence-corrected chi connectivity index (χ4v) is 1.58. The van der Waals surface area contributed by atoms with Crippen molar-refractivity contribution in [2.45, 2.75) is 0 Å². The summed E-state index contributed by atoms with van der Waals surface area (Å²) in [6.45, 7) is 0. The van der Waals surface area contributed by atoms with E-state index in [9.17, 15) is 29.7 Å². The number of nitrogen functional groups attached to an aromatic ring is 3. The Morgan fingerprint density at radius 1 is 0.548 bits per heavy atom. The van der Waals surface area contributed by atoms with Gasteiger partial charge in [-0.3, -0.25) is 0 Å². The zero-order valence-electron chi connectivity index (χ0n) is 15.6. The molecule has 0 aliphatic carbocycles. The van der Waals surface area contributed by atoms with Crippen molar-refractivity contribution >= 4 is 35.4 Å². The second-order valence-corrected chi connectivity index (χ2v) is 5.28. The minimum Gasteiger partial charge on any atom is -0.545 e. The Hall–Kier alpha value is -4.21. The molecule has 3 rings (SSSR count). The van der Waals surface area contributed by atoms with Crippen molar-refractivity contribution in [2.24, 2.45) is 0 Å². The Labute approximate surface area is 186 Å². The second-order valence-electron chi connectivity index (χ2n) is 5.28. The first kappa shape index (κ1) is 26.8. The van der Waals surface area contributed by atoms with Crippen molar-refractivity contribution in [3.8, 4) is 0 Å². The molecule has 0 saturated heterocycles. The molecule has 0 aromatic carbocycles. The number of hydrogen-bond donors (Lipinski definition) is 3.